The number of nitrogens with zero attached hydrogens (tertiary/aromatic N) is 4. The lowest BCUT2D eigenvalue weighted by molar-refractivity contribution is -0.0630. The summed E-state index contributed by atoms with van der Waals surface area (Å²) in [5.41, 5.74) is 6.41. The lowest BCUT2D eigenvalue weighted by Gasteiger charge is -2.59. The molecule has 0 unspecified atom stereocenters. The van der Waals surface area contributed by atoms with Gasteiger partial charge in [-0.05, 0) is 54.1 Å². The molecular formula is C29H24FN5O3S2. The van der Waals surface area contributed by atoms with E-state index in [1.807, 2.05) is 48.0 Å². The molecule has 0 aliphatic carbocycles. The van der Waals surface area contributed by atoms with Gasteiger partial charge in [-0.25, -0.2) is 22.1 Å². The highest BCUT2D eigenvalue weighted by atomic mass is 32.2. The summed E-state index contributed by atoms with van der Waals surface area (Å²) in [7, 11) is -3.21. The number of pyridine rings is 1. The minimum Gasteiger partial charge on any atom is -0.355 e. The Balaban J connectivity index is 1.11. The van der Waals surface area contributed by atoms with Crippen molar-refractivity contribution in [3.8, 4) is 11.1 Å². The number of fused-ring (bicyclic) bond motifs is 2. The number of anilines is 2. The van der Waals surface area contributed by atoms with Gasteiger partial charge in [-0.2, -0.15) is 0 Å². The van der Waals surface area contributed by atoms with Crippen LogP contribution < -0.4 is 5.32 Å². The highest BCUT2D eigenvalue weighted by Gasteiger charge is 2.55. The van der Waals surface area contributed by atoms with Gasteiger partial charge in [0.05, 0.1) is 27.5 Å². The van der Waals surface area contributed by atoms with Crippen LogP contribution in [-0.4, -0.2) is 65.9 Å². The molecule has 0 radical (unpaired) electrons. The maximum atomic E-state index is 15.4. The van der Waals surface area contributed by atoms with E-state index in [1.165, 1.54) is 16.6 Å². The average molecular weight is 574 g/mol. The Bertz CT molecular complexity index is 1930. The van der Waals surface area contributed by atoms with E-state index >= 15 is 4.39 Å². The zero-order valence-corrected chi connectivity index (χ0v) is 23.1. The number of sulfonamides is 1. The molecule has 4 heterocycles. The van der Waals surface area contributed by atoms with Crippen molar-refractivity contribution < 1.29 is 17.6 Å². The molecule has 11 heteroatoms. The maximum absolute atomic E-state index is 15.4. The lowest BCUT2D eigenvalue weighted by atomic mass is 9.74. The molecule has 1 amide bonds. The predicted octanol–water partition coefficient (Wildman–Crippen LogP) is 5.11. The summed E-state index contributed by atoms with van der Waals surface area (Å²) in [6.45, 7) is 1.81. The minimum atomic E-state index is -3.21. The number of likely N-dealkylation sites (tertiary alicyclic amines) is 1. The van der Waals surface area contributed by atoms with Crippen molar-refractivity contribution in [2.45, 2.75) is 0 Å². The SMILES string of the molecule is CS(=O)(=O)N1CC2(CN(C(=O)c3ccc(-c4ccc5nccc(Nc6ccc7scnc7c6)c5c4)c(F)c3)C2)C1. The third-order valence-electron chi connectivity index (χ3n) is 7.71. The van der Waals surface area contributed by atoms with Crippen LogP contribution in [0, 0.1) is 11.2 Å². The Hall–Kier alpha value is -3.93. The largest absolute Gasteiger partial charge is 0.355 e. The summed E-state index contributed by atoms with van der Waals surface area (Å²) in [5.74, 6) is -0.736. The van der Waals surface area contributed by atoms with E-state index < -0.39 is 15.8 Å². The van der Waals surface area contributed by atoms with Gasteiger partial charge in [0.15, 0.2) is 0 Å². The third kappa shape index (κ3) is 4.30. The molecule has 0 bridgehead atoms. The zero-order chi connectivity index (χ0) is 27.6. The van der Waals surface area contributed by atoms with Crippen molar-refractivity contribution in [2.75, 3.05) is 37.8 Å². The molecule has 8 nitrogen and oxygen atoms in total. The van der Waals surface area contributed by atoms with Gasteiger partial charge in [0.2, 0.25) is 10.0 Å². The Morgan fingerprint density at radius 2 is 1.80 bits per heavy atom. The minimum absolute atomic E-state index is 0.173. The van der Waals surface area contributed by atoms with Crippen LogP contribution in [0.25, 0.3) is 32.2 Å². The summed E-state index contributed by atoms with van der Waals surface area (Å²) < 4.78 is 41.2. The number of hydrogen-bond acceptors (Lipinski definition) is 7. The first-order valence-corrected chi connectivity index (χ1v) is 15.4. The highest BCUT2D eigenvalue weighted by molar-refractivity contribution is 7.88. The molecule has 2 saturated heterocycles. The zero-order valence-electron chi connectivity index (χ0n) is 21.5. The molecule has 2 aliphatic rings. The number of amides is 1. The van der Waals surface area contributed by atoms with E-state index in [-0.39, 0.29) is 16.9 Å². The first-order valence-electron chi connectivity index (χ1n) is 12.7. The Morgan fingerprint density at radius 3 is 2.58 bits per heavy atom. The highest BCUT2D eigenvalue weighted by Crippen LogP contribution is 2.41. The fourth-order valence-corrected chi connectivity index (χ4v) is 7.30. The summed E-state index contributed by atoms with van der Waals surface area (Å²) in [6, 6.07) is 18.0. The van der Waals surface area contributed by atoms with Crippen molar-refractivity contribution in [1.82, 2.24) is 19.2 Å². The Labute approximate surface area is 234 Å². The molecular weight excluding hydrogens is 549 g/mol. The molecule has 7 rings (SSSR count). The van der Waals surface area contributed by atoms with Crippen molar-refractivity contribution in [1.29, 1.82) is 0 Å². The molecule has 2 aromatic heterocycles. The van der Waals surface area contributed by atoms with E-state index in [2.05, 4.69) is 15.3 Å². The van der Waals surface area contributed by atoms with Crippen LogP contribution in [0.5, 0.6) is 0 Å². The number of rotatable bonds is 5. The van der Waals surface area contributed by atoms with E-state index in [1.54, 1.807) is 34.6 Å². The summed E-state index contributed by atoms with van der Waals surface area (Å²) in [6.07, 6.45) is 2.92. The summed E-state index contributed by atoms with van der Waals surface area (Å²) >= 11 is 1.59. The number of hydrogen-bond donors (Lipinski definition) is 1. The first kappa shape index (κ1) is 25.1. The Morgan fingerprint density at radius 1 is 0.975 bits per heavy atom. The van der Waals surface area contributed by atoms with Gasteiger partial charge in [0.1, 0.15) is 5.82 Å². The number of halogens is 1. The average Bonchev–Trinajstić information content (AvgIpc) is 3.34. The van der Waals surface area contributed by atoms with E-state index in [4.69, 9.17) is 0 Å². The van der Waals surface area contributed by atoms with Crippen LogP contribution in [0.15, 0.2) is 72.4 Å². The number of aromatic nitrogens is 2. The van der Waals surface area contributed by atoms with E-state index in [0.717, 1.165) is 32.5 Å². The molecule has 0 atom stereocenters. The number of nitrogens with one attached hydrogen (secondary N) is 1. The van der Waals surface area contributed by atoms with Gasteiger partial charge in [-0.1, -0.05) is 12.1 Å². The standard InChI is InChI=1S/C29H24FN5O3S2/c1-40(37,38)35-15-29(16-35)13-34(14-29)28(36)19-2-5-21(23(30)11-19)18-3-6-24-22(10-18)25(8-9-31-24)33-20-4-7-27-26(12-20)32-17-39-27/h2-12,17H,13-16H2,1H3,(H,31,33). The quantitative estimate of drug-likeness (QED) is 0.314. The van der Waals surface area contributed by atoms with Crippen LogP contribution in [0.4, 0.5) is 15.8 Å². The number of benzene rings is 3. The molecule has 1 N–H and O–H groups in total. The predicted molar refractivity (Wildman–Crippen MR) is 155 cm³/mol. The molecule has 3 aromatic carbocycles. The summed E-state index contributed by atoms with van der Waals surface area (Å²) in [4.78, 5) is 23.5. The lowest BCUT2D eigenvalue weighted by Crippen LogP contribution is -2.73. The van der Waals surface area contributed by atoms with Crippen LogP contribution >= 0.6 is 11.3 Å². The maximum Gasteiger partial charge on any atom is 0.253 e. The monoisotopic (exact) mass is 573 g/mol. The van der Waals surface area contributed by atoms with Gasteiger partial charge in [-0.3, -0.25) is 9.78 Å². The van der Waals surface area contributed by atoms with Crippen LogP contribution in [0.1, 0.15) is 10.4 Å². The van der Waals surface area contributed by atoms with Gasteiger partial charge in [0.25, 0.3) is 5.91 Å². The second-order valence-corrected chi connectivity index (χ2v) is 13.5. The second kappa shape index (κ2) is 9.05. The number of thiazole rings is 1. The van der Waals surface area contributed by atoms with Crippen molar-refractivity contribution in [3.63, 3.8) is 0 Å². The van der Waals surface area contributed by atoms with Gasteiger partial charge >= 0.3 is 0 Å². The third-order valence-corrected chi connectivity index (χ3v) is 9.72. The van der Waals surface area contributed by atoms with E-state index in [0.29, 0.717) is 37.3 Å². The molecule has 202 valence electrons. The van der Waals surface area contributed by atoms with Gasteiger partial charge < -0.3 is 10.2 Å². The molecule has 0 saturated carbocycles. The second-order valence-electron chi connectivity index (χ2n) is 10.6. The van der Waals surface area contributed by atoms with Crippen molar-refractivity contribution in [3.05, 3.63) is 83.8 Å². The molecule has 1 spiro atoms. The number of carbonyl (C=O) groups is 1. The topological polar surface area (TPSA) is 95.5 Å². The molecule has 2 aliphatic heterocycles. The first-order chi connectivity index (χ1) is 19.2. The van der Waals surface area contributed by atoms with Gasteiger partial charge in [0, 0.05) is 65.7 Å². The molecule has 40 heavy (non-hydrogen) atoms. The summed E-state index contributed by atoms with van der Waals surface area (Å²) in [5, 5.41) is 4.28. The molecule has 2 fully saturated rings. The van der Waals surface area contributed by atoms with Crippen LogP contribution in [0.2, 0.25) is 0 Å². The van der Waals surface area contributed by atoms with E-state index in [9.17, 15) is 13.2 Å². The van der Waals surface area contributed by atoms with Gasteiger partial charge in [-0.15, -0.1) is 11.3 Å². The number of carbonyl (C=O) groups excluding carboxylic acids is 1. The molecule has 5 aromatic rings. The Kier molecular flexibility index (Phi) is 5.67. The van der Waals surface area contributed by atoms with Crippen molar-refractivity contribution >= 4 is 59.8 Å². The smallest absolute Gasteiger partial charge is 0.253 e. The fourth-order valence-electron chi connectivity index (χ4n) is 5.62. The fraction of sp³-hybridized carbons (Fsp3) is 0.207. The van der Waals surface area contributed by atoms with Crippen LogP contribution in [0.3, 0.4) is 0 Å². The normalized spacial score (nSPS) is 16.7. The van der Waals surface area contributed by atoms with Crippen LogP contribution in [-0.2, 0) is 10.0 Å². The van der Waals surface area contributed by atoms with Crippen molar-refractivity contribution in [2.24, 2.45) is 5.41 Å².